The van der Waals surface area contributed by atoms with E-state index < -0.39 is 0 Å². The van der Waals surface area contributed by atoms with Gasteiger partial charge in [-0.3, -0.25) is 4.79 Å². The molecule has 0 bridgehead atoms. The number of amides is 1. The molecular weight excluding hydrogens is 322 g/mol. The van der Waals surface area contributed by atoms with Crippen molar-refractivity contribution in [2.24, 2.45) is 5.73 Å². The Labute approximate surface area is 146 Å². The van der Waals surface area contributed by atoms with E-state index in [0.29, 0.717) is 18.8 Å². The number of thiazole rings is 1. The summed E-state index contributed by atoms with van der Waals surface area (Å²) in [6.45, 7) is 4.09. The molecule has 5 nitrogen and oxygen atoms in total. The van der Waals surface area contributed by atoms with Crippen molar-refractivity contribution >= 4 is 17.2 Å². The third-order valence-electron chi connectivity index (χ3n) is 4.21. The van der Waals surface area contributed by atoms with Crippen LogP contribution in [0.15, 0.2) is 29.6 Å². The Hall–Kier alpha value is -1.92. The molecule has 1 fully saturated rings. The lowest BCUT2D eigenvalue weighted by atomic mass is 10.2. The first kappa shape index (κ1) is 16.9. The van der Waals surface area contributed by atoms with Gasteiger partial charge in [0, 0.05) is 30.1 Å². The van der Waals surface area contributed by atoms with Gasteiger partial charge >= 0.3 is 0 Å². The molecular formula is C18H23N3O2S. The second kappa shape index (κ2) is 7.77. The number of rotatable bonds is 6. The van der Waals surface area contributed by atoms with Gasteiger partial charge in [0.1, 0.15) is 16.5 Å². The van der Waals surface area contributed by atoms with E-state index in [9.17, 15) is 4.79 Å². The highest BCUT2D eigenvalue weighted by Crippen LogP contribution is 2.27. The first-order valence-electron chi connectivity index (χ1n) is 8.42. The average Bonchev–Trinajstić information content (AvgIpc) is 3.29. The molecule has 1 aliphatic heterocycles. The Kier molecular flexibility index (Phi) is 5.48. The Morgan fingerprint density at radius 3 is 2.92 bits per heavy atom. The summed E-state index contributed by atoms with van der Waals surface area (Å²) in [5.41, 5.74) is 7.28. The summed E-state index contributed by atoms with van der Waals surface area (Å²) in [6.07, 6.45) is 2.99. The molecule has 0 saturated carbocycles. The molecule has 0 aliphatic carbocycles. The molecule has 1 amide bonds. The molecule has 1 aliphatic rings. The number of hydrogen-bond acceptors (Lipinski definition) is 5. The minimum absolute atomic E-state index is 0.00616. The van der Waals surface area contributed by atoms with Gasteiger partial charge in [-0.25, -0.2) is 4.98 Å². The topological polar surface area (TPSA) is 68.5 Å². The quantitative estimate of drug-likeness (QED) is 0.873. The van der Waals surface area contributed by atoms with Crippen molar-refractivity contribution in [1.82, 2.24) is 9.88 Å². The van der Waals surface area contributed by atoms with Crippen LogP contribution < -0.4 is 10.5 Å². The van der Waals surface area contributed by atoms with Crippen LogP contribution in [0.2, 0.25) is 0 Å². The fraction of sp³-hybridized carbons (Fsp3) is 0.444. The fourth-order valence-electron chi connectivity index (χ4n) is 2.91. The number of ether oxygens (including phenoxy) is 1. The number of hydrogen-bond donors (Lipinski definition) is 1. The molecule has 0 radical (unpaired) electrons. The number of carbonyl (C=O) groups excluding carboxylic acids is 1. The van der Waals surface area contributed by atoms with Crippen molar-refractivity contribution in [2.75, 3.05) is 19.7 Å². The number of likely N-dealkylation sites (tertiary alicyclic amines) is 1. The SMILES string of the molecule is CCCOc1ccc(-c2nc(C(=O)N3CCCC3CN)cs2)cc1. The van der Waals surface area contributed by atoms with Gasteiger partial charge in [-0.2, -0.15) is 0 Å². The summed E-state index contributed by atoms with van der Waals surface area (Å²) < 4.78 is 5.59. The summed E-state index contributed by atoms with van der Waals surface area (Å²) in [7, 11) is 0. The molecule has 128 valence electrons. The fourth-order valence-corrected chi connectivity index (χ4v) is 3.71. The number of nitrogens with zero attached hydrogens (tertiary/aromatic N) is 2. The van der Waals surface area contributed by atoms with E-state index >= 15 is 0 Å². The first-order chi connectivity index (χ1) is 11.7. The van der Waals surface area contributed by atoms with E-state index in [2.05, 4.69) is 11.9 Å². The average molecular weight is 345 g/mol. The lowest BCUT2D eigenvalue weighted by Crippen LogP contribution is -2.40. The maximum Gasteiger partial charge on any atom is 0.273 e. The molecule has 1 unspecified atom stereocenters. The number of carbonyl (C=O) groups is 1. The van der Waals surface area contributed by atoms with Crippen LogP contribution in [-0.2, 0) is 0 Å². The van der Waals surface area contributed by atoms with Gasteiger partial charge in [0.25, 0.3) is 5.91 Å². The molecule has 3 rings (SSSR count). The largest absolute Gasteiger partial charge is 0.494 e. The molecule has 1 atom stereocenters. The zero-order valence-electron chi connectivity index (χ0n) is 13.9. The van der Waals surface area contributed by atoms with Crippen molar-refractivity contribution in [1.29, 1.82) is 0 Å². The van der Waals surface area contributed by atoms with Crippen LogP contribution in [0.1, 0.15) is 36.7 Å². The predicted molar refractivity (Wildman–Crippen MR) is 96.4 cm³/mol. The van der Waals surface area contributed by atoms with Crippen molar-refractivity contribution < 1.29 is 9.53 Å². The van der Waals surface area contributed by atoms with E-state index in [4.69, 9.17) is 10.5 Å². The first-order valence-corrected chi connectivity index (χ1v) is 9.30. The highest BCUT2D eigenvalue weighted by molar-refractivity contribution is 7.13. The predicted octanol–water partition coefficient (Wildman–Crippen LogP) is 3.16. The summed E-state index contributed by atoms with van der Waals surface area (Å²) in [5.74, 6) is 0.852. The molecule has 2 heterocycles. The van der Waals surface area contributed by atoms with E-state index in [-0.39, 0.29) is 11.9 Å². The van der Waals surface area contributed by atoms with Gasteiger partial charge < -0.3 is 15.4 Å². The van der Waals surface area contributed by atoms with E-state index in [1.54, 1.807) is 0 Å². The monoisotopic (exact) mass is 345 g/mol. The van der Waals surface area contributed by atoms with Crippen molar-refractivity contribution in [3.8, 4) is 16.3 Å². The van der Waals surface area contributed by atoms with Crippen LogP contribution in [0.25, 0.3) is 10.6 Å². The normalized spacial score (nSPS) is 17.2. The highest BCUT2D eigenvalue weighted by atomic mass is 32.1. The van der Waals surface area contributed by atoms with Gasteiger partial charge in [-0.05, 0) is 43.5 Å². The van der Waals surface area contributed by atoms with E-state index in [1.807, 2.05) is 34.5 Å². The van der Waals surface area contributed by atoms with Crippen molar-refractivity contribution in [2.45, 2.75) is 32.2 Å². The van der Waals surface area contributed by atoms with Gasteiger partial charge in [-0.1, -0.05) is 6.92 Å². The lowest BCUT2D eigenvalue weighted by molar-refractivity contribution is 0.0736. The van der Waals surface area contributed by atoms with Gasteiger partial charge in [0.05, 0.1) is 6.61 Å². The third kappa shape index (κ3) is 3.60. The summed E-state index contributed by atoms with van der Waals surface area (Å²) in [5, 5.41) is 2.69. The Morgan fingerprint density at radius 2 is 2.21 bits per heavy atom. The molecule has 1 saturated heterocycles. The van der Waals surface area contributed by atoms with Crippen LogP contribution >= 0.6 is 11.3 Å². The van der Waals surface area contributed by atoms with Crippen LogP contribution in [0.4, 0.5) is 0 Å². The standard InChI is InChI=1S/C18H23N3O2S/c1-2-10-23-15-7-5-13(6-8-15)17-20-16(12-24-17)18(22)21-9-3-4-14(21)11-19/h5-8,12,14H,2-4,9-11,19H2,1H3. The molecule has 1 aromatic carbocycles. The van der Waals surface area contributed by atoms with Crippen molar-refractivity contribution in [3.63, 3.8) is 0 Å². The highest BCUT2D eigenvalue weighted by Gasteiger charge is 2.29. The van der Waals surface area contributed by atoms with Gasteiger partial charge in [0.2, 0.25) is 0 Å². The minimum atomic E-state index is -0.00616. The molecule has 24 heavy (non-hydrogen) atoms. The zero-order valence-corrected chi connectivity index (χ0v) is 14.7. The molecule has 1 aromatic heterocycles. The van der Waals surface area contributed by atoms with Crippen LogP contribution in [0.5, 0.6) is 5.75 Å². The third-order valence-corrected chi connectivity index (χ3v) is 5.10. The van der Waals surface area contributed by atoms with Crippen LogP contribution in [0.3, 0.4) is 0 Å². The lowest BCUT2D eigenvalue weighted by Gasteiger charge is -2.22. The maximum absolute atomic E-state index is 12.6. The summed E-state index contributed by atoms with van der Waals surface area (Å²) in [6, 6.07) is 8.00. The Morgan fingerprint density at radius 1 is 1.42 bits per heavy atom. The van der Waals surface area contributed by atoms with Crippen LogP contribution in [-0.4, -0.2) is 41.5 Å². The second-order valence-corrected chi connectivity index (χ2v) is 6.80. The Balaban J connectivity index is 1.72. The number of nitrogens with two attached hydrogens (primary N) is 1. The molecule has 2 N–H and O–H groups in total. The van der Waals surface area contributed by atoms with E-state index in [1.165, 1.54) is 11.3 Å². The number of benzene rings is 1. The minimum Gasteiger partial charge on any atom is -0.494 e. The molecule has 0 spiro atoms. The van der Waals surface area contributed by atoms with Crippen molar-refractivity contribution in [3.05, 3.63) is 35.3 Å². The van der Waals surface area contributed by atoms with Gasteiger partial charge in [0.15, 0.2) is 0 Å². The second-order valence-electron chi connectivity index (χ2n) is 5.94. The Bertz CT molecular complexity index is 684. The zero-order chi connectivity index (χ0) is 16.9. The molecule has 6 heteroatoms. The number of aromatic nitrogens is 1. The summed E-state index contributed by atoms with van der Waals surface area (Å²) >= 11 is 1.49. The maximum atomic E-state index is 12.6. The summed E-state index contributed by atoms with van der Waals surface area (Å²) in [4.78, 5) is 19.0. The smallest absolute Gasteiger partial charge is 0.273 e. The van der Waals surface area contributed by atoms with Gasteiger partial charge in [-0.15, -0.1) is 11.3 Å². The van der Waals surface area contributed by atoms with Crippen LogP contribution in [0, 0.1) is 0 Å². The van der Waals surface area contributed by atoms with E-state index in [0.717, 1.165) is 42.1 Å². The molecule has 2 aromatic rings.